The third kappa shape index (κ3) is 5.00. The summed E-state index contributed by atoms with van der Waals surface area (Å²) >= 11 is 12.3. The van der Waals surface area contributed by atoms with Gasteiger partial charge in [0.25, 0.3) is 17.7 Å². The molecule has 44 heavy (non-hydrogen) atoms. The van der Waals surface area contributed by atoms with Crippen LogP contribution in [0.15, 0.2) is 93.8 Å². The lowest BCUT2D eigenvalue weighted by Crippen LogP contribution is -2.45. The van der Waals surface area contributed by atoms with Gasteiger partial charge in [-0.25, -0.2) is 9.91 Å². The Morgan fingerprint density at radius 1 is 0.909 bits per heavy atom. The Hall–Kier alpha value is -4.34. The first kappa shape index (κ1) is 28.4. The van der Waals surface area contributed by atoms with Crippen LogP contribution in [0, 0.1) is 12.8 Å². The smallest absolute Gasteiger partial charge is 0.264 e. The molecule has 0 bridgehead atoms. The summed E-state index contributed by atoms with van der Waals surface area (Å²) in [5, 5.41) is 17.3. The van der Waals surface area contributed by atoms with E-state index in [0.717, 1.165) is 52.1 Å². The SMILES string of the molecule is Cc1ccc(N2C(=O)[C@H]3N=NN(CC(=O)N4N=C5/C(=C/c6ccc(Cl)cc6)CCC[C@H]5[C@H]4c4ccc(Cl)cc4)[C@@H]3C2=O)cc1. The number of carbonyl (C=O) groups is 3. The van der Waals surface area contributed by atoms with E-state index in [0.29, 0.717) is 15.7 Å². The number of carbonyl (C=O) groups excluding carboxylic acids is 3. The summed E-state index contributed by atoms with van der Waals surface area (Å²) in [7, 11) is 0. The van der Waals surface area contributed by atoms with Crippen LogP contribution >= 0.6 is 23.2 Å². The molecule has 0 radical (unpaired) electrons. The van der Waals surface area contributed by atoms with E-state index in [9.17, 15) is 14.4 Å². The van der Waals surface area contributed by atoms with Gasteiger partial charge in [0.05, 0.1) is 17.4 Å². The second-order valence-corrected chi connectivity index (χ2v) is 12.4. The van der Waals surface area contributed by atoms with Gasteiger partial charge in [-0.1, -0.05) is 70.4 Å². The summed E-state index contributed by atoms with van der Waals surface area (Å²) < 4.78 is 0. The molecule has 0 spiro atoms. The molecule has 9 nitrogen and oxygen atoms in total. The van der Waals surface area contributed by atoms with E-state index in [1.807, 2.05) is 67.6 Å². The average molecular weight is 628 g/mol. The Morgan fingerprint density at radius 2 is 1.59 bits per heavy atom. The first-order chi connectivity index (χ1) is 21.3. The average Bonchev–Trinajstić information content (AvgIpc) is 3.69. The van der Waals surface area contributed by atoms with E-state index >= 15 is 0 Å². The molecule has 3 heterocycles. The number of aryl methyl sites for hydroxylation is 1. The Kier molecular flexibility index (Phi) is 7.30. The molecule has 7 rings (SSSR count). The minimum absolute atomic E-state index is 0.0212. The maximum absolute atomic E-state index is 14.1. The molecule has 0 N–H and O–H groups in total. The summed E-state index contributed by atoms with van der Waals surface area (Å²) in [5.41, 5.74) is 5.35. The van der Waals surface area contributed by atoms with Crippen molar-refractivity contribution >= 4 is 58.4 Å². The Bertz CT molecular complexity index is 1740. The first-order valence-corrected chi connectivity index (χ1v) is 15.3. The lowest BCUT2D eigenvalue weighted by atomic mass is 9.77. The summed E-state index contributed by atoms with van der Waals surface area (Å²) in [5.74, 6) is -1.27. The van der Waals surface area contributed by atoms with Gasteiger partial charge in [-0.2, -0.15) is 10.2 Å². The molecule has 3 aliphatic heterocycles. The van der Waals surface area contributed by atoms with E-state index in [1.165, 1.54) is 10.0 Å². The summed E-state index contributed by atoms with van der Waals surface area (Å²) in [6.45, 7) is 1.68. The van der Waals surface area contributed by atoms with Gasteiger partial charge in [-0.15, -0.1) is 0 Å². The second-order valence-electron chi connectivity index (χ2n) is 11.5. The van der Waals surface area contributed by atoms with E-state index in [1.54, 1.807) is 12.1 Å². The second kappa shape index (κ2) is 11.3. The van der Waals surface area contributed by atoms with Gasteiger partial charge in [0.2, 0.25) is 0 Å². The van der Waals surface area contributed by atoms with E-state index in [2.05, 4.69) is 16.4 Å². The van der Waals surface area contributed by atoms with Gasteiger partial charge in [-0.3, -0.25) is 19.4 Å². The fourth-order valence-corrected chi connectivity index (χ4v) is 6.73. The number of imide groups is 1. The number of fused-ring (bicyclic) bond motifs is 2. The molecule has 1 saturated carbocycles. The van der Waals surface area contributed by atoms with Crippen molar-refractivity contribution in [2.75, 3.05) is 11.4 Å². The number of halogens is 2. The van der Waals surface area contributed by atoms with Crippen molar-refractivity contribution in [3.63, 3.8) is 0 Å². The molecule has 3 aromatic carbocycles. The van der Waals surface area contributed by atoms with Crippen molar-refractivity contribution in [1.82, 2.24) is 10.0 Å². The van der Waals surface area contributed by atoms with Crippen LogP contribution in [0.3, 0.4) is 0 Å². The lowest BCUT2D eigenvalue weighted by Gasteiger charge is -2.30. The molecule has 4 atom stereocenters. The monoisotopic (exact) mass is 626 g/mol. The van der Waals surface area contributed by atoms with E-state index in [-0.39, 0.29) is 24.4 Å². The number of amides is 3. The van der Waals surface area contributed by atoms with E-state index < -0.39 is 23.9 Å². The molecule has 0 aromatic heterocycles. The predicted octanol–water partition coefficient (Wildman–Crippen LogP) is 6.42. The number of anilines is 1. The van der Waals surface area contributed by atoms with E-state index in [4.69, 9.17) is 28.3 Å². The summed E-state index contributed by atoms with van der Waals surface area (Å²) in [4.78, 5) is 41.9. The van der Waals surface area contributed by atoms with Crippen LogP contribution in [-0.4, -0.2) is 52.1 Å². The van der Waals surface area contributed by atoms with Crippen molar-refractivity contribution in [2.24, 2.45) is 21.4 Å². The van der Waals surface area contributed by atoms with Gasteiger partial charge in [-0.05, 0) is 85.4 Å². The molecule has 0 unspecified atom stereocenters. The maximum atomic E-state index is 14.1. The van der Waals surface area contributed by atoms with Crippen LogP contribution in [-0.2, 0) is 14.4 Å². The number of hydrogen-bond acceptors (Lipinski definition) is 7. The highest BCUT2D eigenvalue weighted by atomic mass is 35.5. The number of benzene rings is 3. The Balaban J connectivity index is 1.18. The quantitative estimate of drug-likeness (QED) is 0.305. The number of rotatable bonds is 5. The van der Waals surface area contributed by atoms with Crippen molar-refractivity contribution < 1.29 is 14.4 Å². The minimum atomic E-state index is -0.995. The van der Waals surface area contributed by atoms with Crippen molar-refractivity contribution in [2.45, 2.75) is 44.3 Å². The zero-order valence-corrected chi connectivity index (χ0v) is 25.3. The molecule has 222 valence electrons. The maximum Gasteiger partial charge on any atom is 0.264 e. The number of hydrogen-bond donors (Lipinski definition) is 0. The van der Waals surface area contributed by atoms with Crippen molar-refractivity contribution in [3.05, 3.63) is 105 Å². The predicted molar refractivity (Wildman–Crippen MR) is 168 cm³/mol. The lowest BCUT2D eigenvalue weighted by molar-refractivity contribution is -0.136. The minimum Gasteiger partial charge on any atom is -0.271 e. The molecule has 2 fully saturated rings. The topological polar surface area (TPSA) is 98.0 Å². The zero-order chi connectivity index (χ0) is 30.5. The van der Waals surface area contributed by atoms with Crippen LogP contribution in [0.5, 0.6) is 0 Å². The van der Waals surface area contributed by atoms with Gasteiger partial charge < -0.3 is 0 Å². The van der Waals surface area contributed by atoms with Crippen molar-refractivity contribution in [3.8, 4) is 0 Å². The third-order valence-corrected chi connectivity index (χ3v) is 9.13. The highest BCUT2D eigenvalue weighted by Gasteiger charge is 2.55. The molecular weight excluding hydrogens is 599 g/mol. The highest BCUT2D eigenvalue weighted by molar-refractivity contribution is 6.31. The summed E-state index contributed by atoms with van der Waals surface area (Å²) in [6.07, 6.45) is 4.75. The molecular formula is C33H28Cl2N6O3. The normalized spacial score (nSPS) is 25.1. The third-order valence-electron chi connectivity index (χ3n) is 8.63. The highest BCUT2D eigenvalue weighted by Crippen LogP contribution is 2.45. The van der Waals surface area contributed by atoms with Crippen LogP contribution in [0.25, 0.3) is 6.08 Å². The Labute approximate surface area is 264 Å². The largest absolute Gasteiger partial charge is 0.271 e. The van der Waals surface area contributed by atoms with Gasteiger partial charge in [0.15, 0.2) is 12.1 Å². The number of allylic oxidation sites excluding steroid dienone is 1. The van der Waals surface area contributed by atoms with Crippen LogP contribution in [0.2, 0.25) is 10.0 Å². The molecule has 11 heteroatoms. The molecule has 4 aliphatic rings. The first-order valence-electron chi connectivity index (χ1n) is 14.5. The fourth-order valence-electron chi connectivity index (χ4n) is 6.47. The number of nitrogens with zero attached hydrogens (tertiary/aromatic N) is 6. The number of hydrazone groups is 1. The van der Waals surface area contributed by atoms with Crippen LogP contribution in [0.4, 0.5) is 5.69 Å². The van der Waals surface area contributed by atoms with Gasteiger partial charge in [0, 0.05) is 16.0 Å². The Morgan fingerprint density at radius 3 is 2.30 bits per heavy atom. The van der Waals surface area contributed by atoms with Gasteiger partial charge >= 0.3 is 0 Å². The molecule has 1 aliphatic carbocycles. The zero-order valence-electron chi connectivity index (χ0n) is 23.8. The molecule has 3 amide bonds. The van der Waals surface area contributed by atoms with Crippen LogP contribution in [0.1, 0.15) is 42.0 Å². The fraction of sp³-hybridized carbons (Fsp3) is 0.273. The molecule has 1 saturated heterocycles. The van der Waals surface area contributed by atoms with Crippen molar-refractivity contribution in [1.29, 1.82) is 0 Å². The summed E-state index contributed by atoms with van der Waals surface area (Å²) in [6, 6.07) is 19.9. The standard InChI is InChI=1S/C33H28Cl2N6O3/c1-19-5-15-25(16-6-19)40-32(43)29-31(33(40)44)39(38-36-29)18-27(42)41-30(21-9-13-24(35)14-10-21)26-4-2-3-22(28(26)37-41)17-20-7-11-23(34)12-8-20/h5-17,26,29-31H,2-4,18H2,1H3/b22-17+/t26-,29+,30-,31+/m1/s1. The van der Waals surface area contributed by atoms with Gasteiger partial charge in [0.1, 0.15) is 6.54 Å². The molecule has 3 aromatic rings. The van der Waals surface area contributed by atoms with Crippen LogP contribution < -0.4 is 4.90 Å².